The smallest absolute Gasteiger partial charge is 0.223 e. The van der Waals surface area contributed by atoms with Crippen LogP contribution in [0.5, 0.6) is 5.75 Å². The van der Waals surface area contributed by atoms with Crippen molar-refractivity contribution in [3.63, 3.8) is 0 Å². The fourth-order valence-corrected chi connectivity index (χ4v) is 4.59. The van der Waals surface area contributed by atoms with Crippen LogP contribution in [0.2, 0.25) is 0 Å². The number of piperidine rings is 1. The summed E-state index contributed by atoms with van der Waals surface area (Å²) in [6, 6.07) is 9.04. The molecule has 1 aromatic carbocycles. The third kappa shape index (κ3) is 2.97. The van der Waals surface area contributed by atoms with Gasteiger partial charge in [-0.25, -0.2) is 0 Å². The van der Waals surface area contributed by atoms with Gasteiger partial charge in [0.2, 0.25) is 5.91 Å². The first-order valence-corrected chi connectivity index (χ1v) is 9.38. The van der Waals surface area contributed by atoms with Gasteiger partial charge in [-0.05, 0) is 69.1 Å². The van der Waals surface area contributed by atoms with E-state index in [-0.39, 0.29) is 0 Å². The summed E-state index contributed by atoms with van der Waals surface area (Å²) in [6.45, 7) is 0. The highest BCUT2D eigenvalue weighted by molar-refractivity contribution is 5.78. The minimum atomic E-state index is 0.357. The van der Waals surface area contributed by atoms with E-state index in [0.717, 1.165) is 25.0 Å². The summed E-state index contributed by atoms with van der Waals surface area (Å²) in [5.41, 5.74) is 4.64. The number of carbonyl (C=O) groups is 1. The fraction of sp³-hybridized carbons (Fsp3) is 0.571. The zero-order valence-electron chi connectivity index (χ0n) is 14.6. The number of rotatable bonds is 4. The Bertz CT molecular complexity index is 624. The maximum atomic E-state index is 12.8. The van der Waals surface area contributed by atoms with E-state index in [4.69, 9.17) is 4.74 Å². The van der Waals surface area contributed by atoms with Crippen LogP contribution in [0, 0.1) is 0 Å². The van der Waals surface area contributed by atoms with Crippen LogP contribution >= 0.6 is 0 Å². The predicted octanol–water partition coefficient (Wildman–Crippen LogP) is 4.26. The van der Waals surface area contributed by atoms with Crippen molar-refractivity contribution in [1.29, 1.82) is 0 Å². The highest BCUT2D eigenvalue weighted by Gasteiger charge is 2.41. The molecular weight excluding hydrogens is 298 g/mol. The molecule has 3 aliphatic rings. The van der Waals surface area contributed by atoms with Crippen LogP contribution in [0.4, 0.5) is 0 Å². The van der Waals surface area contributed by atoms with Gasteiger partial charge in [0.1, 0.15) is 5.75 Å². The van der Waals surface area contributed by atoms with Gasteiger partial charge in [-0.3, -0.25) is 4.79 Å². The molecular formula is C21H27NO2. The Labute approximate surface area is 144 Å². The summed E-state index contributed by atoms with van der Waals surface area (Å²) in [5.74, 6) is 1.23. The lowest BCUT2D eigenvalue weighted by molar-refractivity contribution is -0.134. The maximum absolute atomic E-state index is 12.8. The summed E-state index contributed by atoms with van der Waals surface area (Å²) in [6.07, 6.45) is 10.2. The fourth-order valence-electron chi connectivity index (χ4n) is 4.59. The van der Waals surface area contributed by atoms with Gasteiger partial charge in [0.15, 0.2) is 0 Å². The van der Waals surface area contributed by atoms with Crippen molar-refractivity contribution in [2.45, 2.75) is 69.9 Å². The molecule has 2 aliphatic heterocycles. The third-order valence-corrected chi connectivity index (χ3v) is 6.12. The van der Waals surface area contributed by atoms with Crippen LogP contribution < -0.4 is 4.74 Å². The van der Waals surface area contributed by atoms with E-state index in [1.807, 2.05) is 12.1 Å². The SMILES string of the molecule is COc1ccc(CCC(=O)N2C3CCC2CC(=C2CCC2)C3)cc1. The minimum Gasteiger partial charge on any atom is -0.497 e. The number of aryl methyl sites for hydroxylation is 1. The first-order valence-electron chi connectivity index (χ1n) is 9.38. The van der Waals surface area contributed by atoms with Crippen LogP contribution in [0.15, 0.2) is 35.4 Å². The van der Waals surface area contributed by atoms with Gasteiger partial charge in [0.05, 0.1) is 7.11 Å². The Kier molecular flexibility index (Phi) is 4.34. The molecule has 2 heterocycles. The summed E-state index contributed by atoms with van der Waals surface area (Å²) in [7, 11) is 1.68. The van der Waals surface area contributed by atoms with E-state index in [2.05, 4.69) is 17.0 Å². The largest absolute Gasteiger partial charge is 0.497 e. The highest BCUT2D eigenvalue weighted by Crippen LogP contribution is 2.43. The molecule has 0 aromatic heterocycles. The van der Waals surface area contributed by atoms with E-state index in [9.17, 15) is 4.79 Å². The van der Waals surface area contributed by atoms with Crippen molar-refractivity contribution in [1.82, 2.24) is 4.90 Å². The van der Waals surface area contributed by atoms with Gasteiger partial charge >= 0.3 is 0 Å². The first kappa shape index (κ1) is 15.7. The number of methoxy groups -OCH3 is 1. The summed E-state index contributed by atoms with van der Waals surface area (Å²) >= 11 is 0. The van der Waals surface area contributed by atoms with Gasteiger partial charge in [0.25, 0.3) is 0 Å². The lowest BCUT2D eigenvalue weighted by Gasteiger charge is -2.38. The Morgan fingerprint density at radius 1 is 1.08 bits per heavy atom. The Morgan fingerprint density at radius 3 is 2.29 bits per heavy atom. The van der Waals surface area contributed by atoms with E-state index in [1.54, 1.807) is 18.3 Å². The molecule has 2 saturated heterocycles. The summed E-state index contributed by atoms with van der Waals surface area (Å²) in [4.78, 5) is 15.0. The molecule has 3 fully saturated rings. The van der Waals surface area contributed by atoms with E-state index in [0.29, 0.717) is 24.4 Å². The Morgan fingerprint density at radius 2 is 1.75 bits per heavy atom. The quantitative estimate of drug-likeness (QED) is 0.774. The standard InChI is InChI=1S/C21H27NO2/c1-24-20-10-5-15(6-11-20)7-12-21(23)22-18-8-9-19(22)14-17(13-18)16-3-2-4-16/h5-6,10-11,18-19H,2-4,7-9,12-14H2,1H3. The third-order valence-electron chi connectivity index (χ3n) is 6.12. The maximum Gasteiger partial charge on any atom is 0.223 e. The van der Waals surface area contributed by atoms with Crippen molar-refractivity contribution in [2.24, 2.45) is 0 Å². The second-order valence-corrected chi connectivity index (χ2v) is 7.50. The number of nitrogens with zero attached hydrogens (tertiary/aromatic N) is 1. The molecule has 1 aromatic rings. The van der Waals surface area contributed by atoms with Gasteiger partial charge < -0.3 is 9.64 Å². The zero-order chi connectivity index (χ0) is 16.5. The molecule has 3 heteroatoms. The van der Waals surface area contributed by atoms with E-state index >= 15 is 0 Å². The van der Waals surface area contributed by atoms with E-state index < -0.39 is 0 Å². The van der Waals surface area contributed by atoms with Crippen molar-refractivity contribution in [3.05, 3.63) is 41.0 Å². The molecule has 0 N–H and O–H groups in total. The molecule has 2 unspecified atom stereocenters. The average Bonchev–Trinajstić information content (AvgIpc) is 2.82. The summed E-state index contributed by atoms with van der Waals surface area (Å²) in [5, 5.41) is 0. The Balaban J connectivity index is 1.36. The average molecular weight is 325 g/mol. The van der Waals surface area contributed by atoms with Gasteiger partial charge in [-0.2, -0.15) is 0 Å². The number of fused-ring (bicyclic) bond motifs is 2. The second-order valence-electron chi connectivity index (χ2n) is 7.50. The van der Waals surface area contributed by atoms with E-state index in [1.165, 1.54) is 37.7 Å². The van der Waals surface area contributed by atoms with Crippen molar-refractivity contribution in [2.75, 3.05) is 7.11 Å². The van der Waals surface area contributed by atoms with Gasteiger partial charge in [0, 0.05) is 18.5 Å². The van der Waals surface area contributed by atoms with Crippen LogP contribution in [-0.4, -0.2) is 30.0 Å². The lowest BCUT2D eigenvalue weighted by Crippen LogP contribution is -2.45. The molecule has 2 bridgehead atoms. The highest BCUT2D eigenvalue weighted by atomic mass is 16.5. The molecule has 1 aliphatic carbocycles. The van der Waals surface area contributed by atoms with Crippen LogP contribution in [-0.2, 0) is 11.2 Å². The molecule has 4 rings (SSSR count). The van der Waals surface area contributed by atoms with Crippen LogP contribution in [0.1, 0.15) is 56.9 Å². The lowest BCUT2D eigenvalue weighted by atomic mass is 9.82. The molecule has 2 atom stereocenters. The minimum absolute atomic E-state index is 0.357. The second kappa shape index (κ2) is 6.62. The molecule has 3 nitrogen and oxygen atoms in total. The molecule has 1 saturated carbocycles. The predicted molar refractivity (Wildman–Crippen MR) is 95.1 cm³/mol. The number of allylic oxidation sites excluding steroid dienone is 1. The summed E-state index contributed by atoms with van der Waals surface area (Å²) < 4.78 is 5.19. The number of benzene rings is 1. The number of hydrogen-bond acceptors (Lipinski definition) is 2. The number of carbonyl (C=O) groups excluding carboxylic acids is 1. The zero-order valence-corrected chi connectivity index (χ0v) is 14.6. The normalized spacial score (nSPS) is 25.6. The molecule has 128 valence electrons. The first-order chi connectivity index (χ1) is 11.7. The van der Waals surface area contributed by atoms with Gasteiger partial charge in [-0.15, -0.1) is 0 Å². The number of ether oxygens (including phenoxy) is 1. The Hall–Kier alpha value is -1.77. The number of hydrogen-bond donors (Lipinski definition) is 0. The van der Waals surface area contributed by atoms with Crippen molar-refractivity contribution in [3.8, 4) is 5.75 Å². The monoisotopic (exact) mass is 325 g/mol. The van der Waals surface area contributed by atoms with Crippen LogP contribution in [0.3, 0.4) is 0 Å². The molecule has 0 spiro atoms. The van der Waals surface area contributed by atoms with Gasteiger partial charge in [-0.1, -0.05) is 23.3 Å². The van der Waals surface area contributed by atoms with Crippen LogP contribution in [0.25, 0.3) is 0 Å². The molecule has 24 heavy (non-hydrogen) atoms. The molecule has 0 radical (unpaired) electrons. The van der Waals surface area contributed by atoms with Crippen molar-refractivity contribution >= 4 is 5.91 Å². The number of amides is 1. The molecule has 1 amide bonds. The topological polar surface area (TPSA) is 29.5 Å². The van der Waals surface area contributed by atoms with Crippen molar-refractivity contribution < 1.29 is 9.53 Å².